The molecule has 0 amide bonds. The van der Waals surface area contributed by atoms with Gasteiger partial charge in [0.2, 0.25) is 0 Å². The van der Waals surface area contributed by atoms with E-state index in [2.05, 4.69) is 5.32 Å². The molecule has 21 heavy (non-hydrogen) atoms. The second-order valence-corrected chi connectivity index (χ2v) is 6.04. The summed E-state index contributed by atoms with van der Waals surface area (Å²) in [5.41, 5.74) is 0.619. The number of nitrogens with one attached hydrogen (secondary N) is 1. The van der Waals surface area contributed by atoms with Crippen molar-refractivity contribution < 1.29 is 14.3 Å². The summed E-state index contributed by atoms with van der Waals surface area (Å²) in [7, 11) is 3.21. The van der Waals surface area contributed by atoms with Gasteiger partial charge in [0, 0.05) is 6.04 Å². The third-order valence-corrected chi connectivity index (χ3v) is 4.85. The summed E-state index contributed by atoms with van der Waals surface area (Å²) in [5.74, 6) is 2.09. The Kier molecular flexibility index (Phi) is 4.15. The lowest BCUT2D eigenvalue weighted by Gasteiger charge is -2.24. The molecular weight excluding hydrogens is 266 g/mol. The Balaban J connectivity index is 1.81. The molecule has 1 aromatic carbocycles. The maximum Gasteiger partial charge on any atom is 0.183 e. The first kappa shape index (κ1) is 14.4. The second kappa shape index (κ2) is 6.06. The molecule has 0 bridgehead atoms. The lowest BCUT2D eigenvalue weighted by atomic mass is 9.84. The smallest absolute Gasteiger partial charge is 0.183 e. The van der Waals surface area contributed by atoms with E-state index >= 15 is 0 Å². The van der Waals surface area contributed by atoms with Crippen molar-refractivity contribution in [1.29, 1.82) is 0 Å². The fourth-order valence-corrected chi connectivity index (χ4v) is 3.72. The van der Waals surface area contributed by atoms with Gasteiger partial charge in [0.05, 0.1) is 25.8 Å². The number of hydrogen-bond acceptors (Lipinski definition) is 4. The number of methoxy groups -OCH3 is 2. The Labute approximate surface area is 125 Å². The molecule has 0 spiro atoms. The van der Waals surface area contributed by atoms with Gasteiger partial charge in [0.15, 0.2) is 5.78 Å². The van der Waals surface area contributed by atoms with Crippen LogP contribution in [0.25, 0.3) is 0 Å². The van der Waals surface area contributed by atoms with Crippen LogP contribution in [0.3, 0.4) is 0 Å². The number of rotatable bonds is 4. The monoisotopic (exact) mass is 289 g/mol. The first-order chi connectivity index (χ1) is 10.2. The average Bonchev–Trinajstić information content (AvgIpc) is 2.97. The number of Topliss-reactive ketones (excluding diaryl/α,β-unsaturated/α-hetero) is 1. The van der Waals surface area contributed by atoms with Gasteiger partial charge >= 0.3 is 0 Å². The molecule has 1 aliphatic heterocycles. The van der Waals surface area contributed by atoms with Crippen LogP contribution < -0.4 is 14.8 Å². The highest BCUT2D eigenvalue weighted by Gasteiger charge is 2.39. The molecule has 4 nitrogen and oxygen atoms in total. The van der Waals surface area contributed by atoms with Gasteiger partial charge in [-0.2, -0.15) is 0 Å². The van der Waals surface area contributed by atoms with E-state index in [0.29, 0.717) is 29.0 Å². The standard InChI is InChI=1S/C17H23NO3/c1-20-12-7-8-16(21-2)13(10-12)17(19)15-9-11-5-3-4-6-14(11)18-15/h7-8,10-11,14-15,18H,3-6,9H2,1-2H3. The van der Waals surface area contributed by atoms with Gasteiger partial charge in [-0.3, -0.25) is 4.79 Å². The summed E-state index contributed by atoms with van der Waals surface area (Å²) in [5, 5.41) is 3.53. The molecule has 4 heteroatoms. The predicted molar refractivity (Wildman–Crippen MR) is 81.2 cm³/mol. The number of carbonyl (C=O) groups is 1. The van der Waals surface area contributed by atoms with Gasteiger partial charge in [0.25, 0.3) is 0 Å². The van der Waals surface area contributed by atoms with Crippen molar-refractivity contribution in [3.8, 4) is 11.5 Å². The minimum Gasteiger partial charge on any atom is -0.497 e. The minimum absolute atomic E-state index is 0.0842. The zero-order chi connectivity index (χ0) is 14.8. The largest absolute Gasteiger partial charge is 0.497 e. The van der Waals surface area contributed by atoms with Crippen LogP contribution in [-0.2, 0) is 0 Å². The number of carbonyl (C=O) groups excluding carboxylic acids is 1. The lowest BCUT2D eigenvalue weighted by Crippen LogP contribution is -2.37. The van der Waals surface area contributed by atoms with Crippen LogP contribution in [0.15, 0.2) is 18.2 Å². The van der Waals surface area contributed by atoms with Crippen molar-refractivity contribution in [3.63, 3.8) is 0 Å². The second-order valence-electron chi connectivity index (χ2n) is 6.04. The molecule has 2 fully saturated rings. The average molecular weight is 289 g/mol. The highest BCUT2D eigenvalue weighted by Crippen LogP contribution is 2.35. The molecule has 0 aromatic heterocycles. The summed E-state index contributed by atoms with van der Waals surface area (Å²) in [6, 6.07) is 5.83. The van der Waals surface area contributed by atoms with Crippen LogP contribution in [0.2, 0.25) is 0 Å². The predicted octanol–water partition coefficient (Wildman–Crippen LogP) is 2.81. The highest BCUT2D eigenvalue weighted by molar-refractivity contribution is 6.03. The molecule has 1 heterocycles. The van der Waals surface area contributed by atoms with E-state index in [9.17, 15) is 4.79 Å². The maximum absolute atomic E-state index is 12.8. The van der Waals surface area contributed by atoms with Crippen LogP contribution in [0.5, 0.6) is 11.5 Å². The zero-order valence-corrected chi connectivity index (χ0v) is 12.7. The van der Waals surface area contributed by atoms with E-state index < -0.39 is 0 Å². The fraction of sp³-hybridized carbons (Fsp3) is 0.588. The zero-order valence-electron chi connectivity index (χ0n) is 12.7. The highest BCUT2D eigenvalue weighted by atomic mass is 16.5. The summed E-state index contributed by atoms with van der Waals surface area (Å²) in [4.78, 5) is 12.8. The molecule has 2 aliphatic rings. The van der Waals surface area contributed by atoms with Gasteiger partial charge in [-0.05, 0) is 43.4 Å². The van der Waals surface area contributed by atoms with Crippen molar-refractivity contribution in [1.82, 2.24) is 5.32 Å². The molecule has 3 rings (SSSR count). The van der Waals surface area contributed by atoms with Crippen LogP contribution in [0.1, 0.15) is 42.5 Å². The molecule has 114 valence electrons. The Morgan fingerprint density at radius 3 is 2.71 bits per heavy atom. The lowest BCUT2D eigenvalue weighted by molar-refractivity contribution is 0.0945. The van der Waals surface area contributed by atoms with Crippen LogP contribution in [-0.4, -0.2) is 32.1 Å². The van der Waals surface area contributed by atoms with Crippen molar-refractivity contribution in [3.05, 3.63) is 23.8 Å². The molecule has 1 saturated heterocycles. The number of benzene rings is 1. The SMILES string of the molecule is COc1ccc(OC)c(C(=O)C2CC3CCCCC3N2)c1. The molecule has 1 aliphatic carbocycles. The van der Waals surface area contributed by atoms with Gasteiger partial charge in [0.1, 0.15) is 11.5 Å². The number of ether oxygens (including phenoxy) is 2. The Morgan fingerprint density at radius 2 is 2.00 bits per heavy atom. The Bertz CT molecular complexity index is 515. The molecule has 1 aromatic rings. The van der Waals surface area contributed by atoms with Gasteiger partial charge < -0.3 is 14.8 Å². The minimum atomic E-state index is -0.0842. The number of ketones is 1. The Morgan fingerprint density at radius 1 is 1.19 bits per heavy atom. The first-order valence-corrected chi connectivity index (χ1v) is 7.75. The van der Waals surface area contributed by atoms with E-state index in [1.807, 2.05) is 6.07 Å². The van der Waals surface area contributed by atoms with Gasteiger partial charge in [-0.1, -0.05) is 12.8 Å². The van der Waals surface area contributed by atoms with Gasteiger partial charge in [-0.15, -0.1) is 0 Å². The first-order valence-electron chi connectivity index (χ1n) is 7.75. The Hall–Kier alpha value is -1.55. The van der Waals surface area contributed by atoms with Crippen LogP contribution in [0.4, 0.5) is 0 Å². The number of fused-ring (bicyclic) bond motifs is 1. The number of hydrogen-bond donors (Lipinski definition) is 1. The summed E-state index contributed by atoms with van der Waals surface area (Å²) < 4.78 is 10.6. The fourth-order valence-electron chi connectivity index (χ4n) is 3.72. The quantitative estimate of drug-likeness (QED) is 0.866. The maximum atomic E-state index is 12.8. The topological polar surface area (TPSA) is 47.6 Å². The molecule has 3 atom stereocenters. The summed E-state index contributed by atoms with van der Waals surface area (Å²) >= 11 is 0. The van der Waals surface area contributed by atoms with Crippen LogP contribution >= 0.6 is 0 Å². The van der Waals surface area contributed by atoms with Crippen molar-refractivity contribution in [2.24, 2.45) is 5.92 Å². The summed E-state index contributed by atoms with van der Waals surface area (Å²) in [6.45, 7) is 0. The molecule has 3 unspecified atom stereocenters. The van der Waals surface area contributed by atoms with Crippen molar-refractivity contribution in [2.75, 3.05) is 14.2 Å². The van der Waals surface area contributed by atoms with E-state index in [4.69, 9.17) is 9.47 Å². The van der Waals surface area contributed by atoms with E-state index in [1.165, 1.54) is 25.7 Å². The third-order valence-electron chi connectivity index (χ3n) is 4.85. The molecule has 0 radical (unpaired) electrons. The molecule has 1 N–H and O–H groups in total. The third kappa shape index (κ3) is 2.77. The van der Waals surface area contributed by atoms with Crippen molar-refractivity contribution >= 4 is 5.78 Å². The van der Waals surface area contributed by atoms with E-state index in [0.717, 1.165) is 6.42 Å². The molecular formula is C17H23NO3. The summed E-state index contributed by atoms with van der Waals surface area (Å²) in [6.07, 6.45) is 5.97. The van der Waals surface area contributed by atoms with Crippen LogP contribution in [0, 0.1) is 5.92 Å². The molecule has 1 saturated carbocycles. The van der Waals surface area contributed by atoms with Crippen molar-refractivity contribution in [2.45, 2.75) is 44.2 Å². The van der Waals surface area contributed by atoms with Gasteiger partial charge in [-0.25, -0.2) is 0 Å². The van der Waals surface area contributed by atoms with E-state index in [1.54, 1.807) is 26.4 Å². The normalized spacial score (nSPS) is 28.0. The van der Waals surface area contributed by atoms with E-state index in [-0.39, 0.29) is 11.8 Å².